The number of halogens is 2. The first-order valence-corrected chi connectivity index (χ1v) is 12.5. The average Bonchev–Trinajstić information content (AvgIpc) is 2.84. The Morgan fingerprint density at radius 2 is 1.71 bits per heavy atom. The molecular formula is C28H28Cl2N2O2. The minimum atomic E-state index is 0.0572. The van der Waals surface area contributed by atoms with Crippen molar-refractivity contribution in [3.05, 3.63) is 86.5 Å². The maximum absolute atomic E-state index is 14.0. The first kappa shape index (κ1) is 23.4. The van der Waals surface area contributed by atoms with Crippen molar-refractivity contribution < 1.29 is 9.53 Å². The highest BCUT2D eigenvalue weighted by atomic mass is 35.5. The van der Waals surface area contributed by atoms with Gasteiger partial charge in [0, 0.05) is 65.2 Å². The molecule has 4 nitrogen and oxygen atoms in total. The number of anilines is 1. The van der Waals surface area contributed by atoms with E-state index in [9.17, 15) is 4.79 Å². The van der Waals surface area contributed by atoms with Crippen LogP contribution in [0.25, 0.3) is 10.8 Å². The van der Waals surface area contributed by atoms with Crippen LogP contribution in [0.15, 0.2) is 59.8 Å². The lowest BCUT2D eigenvalue weighted by Crippen LogP contribution is -2.42. The van der Waals surface area contributed by atoms with Crippen molar-refractivity contribution in [2.45, 2.75) is 20.3 Å². The smallest absolute Gasteiger partial charge is 0.191 e. The highest BCUT2D eigenvalue weighted by Gasteiger charge is 2.30. The van der Waals surface area contributed by atoms with Crippen LogP contribution < -0.4 is 4.90 Å². The average molecular weight is 495 g/mol. The Morgan fingerprint density at radius 1 is 0.971 bits per heavy atom. The number of aryl methyl sites for hydroxylation is 1. The standard InChI is InChI=1S/C28H28Cl2N2O2/c1-18-7-8-23(22-6-4-3-5-21(18)22)28(33)24-17-25-26(30)15-20(29)16-27(25)32(19(24)2)10-9-31-11-13-34-14-12-31/h3-8,15-16H,9-14,17H2,1-2H3. The molecule has 5 rings (SSSR count). The molecule has 0 bridgehead atoms. The van der Waals surface area contributed by atoms with E-state index >= 15 is 0 Å². The normalized spacial score (nSPS) is 16.8. The molecule has 176 valence electrons. The molecule has 3 aromatic rings. The zero-order valence-electron chi connectivity index (χ0n) is 19.5. The van der Waals surface area contributed by atoms with Gasteiger partial charge in [0.05, 0.1) is 13.2 Å². The Hall–Kier alpha value is -2.37. The summed E-state index contributed by atoms with van der Waals surface area (Å²) in [6.45, 7) is 9.10. The van der Waals surface area contributed by atoms with E-state index in [1.807, 2.05) is 43.3 Å². The van der Waals surface area contributed by atoms with E-state index < -0.39 is 0 Å². The molecule has 0 spiro atoms. The lowest BCUT2D eigenvalue weighted by Gasteiger charge is -2.36. The Balaban J connectivity index is 1.56. The summed E-state index contributed by atoms with van der Waals surface area (Å²) in [6, 6.07) is 15.8. The fourth-order valence-electron chi connectivity index (χ4n) is 5.06. The van der Waals surface area contributed by atoms with Crippen LogP contribution in [0.5, 0.6) is 0 Å². The van der Waals surface area contributed by atoms with Gasteiger partial charge >= 0.3 is 0 Å². The van der Waals surface area contributed by atoms with E-state index in [0.29, 0.717) is 16.5 Å². The summed E-state index contributed by atoms with van der Waals surface area (Å²) < 4.78 is 5.50. The van der Waals surface area contributed by atoms with Gasteiger partial charge in [-0.05, 0) is 47.9 Å². The summed E-state index contributed by atoms with van der Waals surface area (Å²) in [6.07, 6.45) is 0.492. The first-order valence-electron chi connectivity index (χ1n) is 11.7. The number of Topliss-reactive ketones (excluding diaryl/α,β-unsaturated/α-hetero) is 1. The van der Waals surface area contributed by atoms with Gasteiger partial charge in [-0.3, -0.25) is 9.69 Å². The maximum atomic E-state index is 14.0. The van der Waals surface area contributed by atoms with Crippen molar-refractivity contribution >= 4 is 45.4 Å². The molecule has 1 saturated heterocycles. The minimum Gasteiger partial charge on any atom is -0.379 e. The molecule has 0 atom stereocenters. The number of carbonyl (C=O) groups excluding carboxylic acids is 1. The molecule has 34 heavy (non-hydrogen) atoms. The van der Waals surface area contributed by atoms with Gasteiger partial charge in [-0.15, -0.1) is 0 Å². The van der Waals surface area contributed by atoms with Gasteiger partial charge in [-0.1, -0.05) is 59.6 Å². The van der Waals surface area contributed by atoms with Gasteiger partial charge in [0.25, 0.3) is 0 Å². The molecule has 0 unspecified atom stereocenters. The van der Waals surface area contributed by atoms with Crippen LogP contribution in [0.4, 0.5) is 5.69 Å². The van der Waals surface area contributed by atoms with Crippen molar-refractivity contribution in [2.24, 2.45) is 0 Å². The number of ether oxygens (including phenoxy) is 1. The fraction of sp³-hybridized carbons (Fsp3) is 0.321. The number of benzene rings is 3. The highest BCUT2D eigenvalue weighted by molar-refractivity contribution is 6.36. The van der Waals surface area contributed by atoms with E-state index in [1.165, 1.54) is 0 Å². The number of morpholine rings is 1. The molecule has 0 saturated carbocycles. The second-order valence-corrected chi connectivity index (χ2v) is 9.88. The predicted octanol–water partition coefficient (Wildman–Crippen LogP) is 6.31. The summed E-state index contributed by atoms with van der Waals surface area (Å²) in [5.41, 5.74) is 5.60. The van der Waals surface area contributed by atoms with Gasteiger partial charge in [-0.25, -0.2) is 0 Å². The van der Waals surface area contributed by atoms with Gasteiger partial charge in [0.1, 0.15) is 0 Å². The molecule has 0 N–H and O–H groups in total. The zero-order valence-corrected chi connectivity index (χ0v) is 21.0. The van der Waals surface area contributed by atoms with Crippen LogP contribution in [0.2, 0.25) is 10.0 Å². The Morgan fingerprint density at radius 3 is 2.47 bits per heavy atom. The monoisotopic (exact) mass is 494 g/mol. The van der Waals surface area contributed by atoms with Gasteiger partial charge in [0.2, 0.25) is 0 Å². The molecule has 3 aromatic carbocycles. The fourth-order valence-corrected chi connectivity index (χ4v) is 5.61. The summed E-state index contributed by atoms with van der Waals surface area (Å²) in [7, 11) is 0. The predicted molar refractivity (Wildman–Crippen MR) is 140 cm³/mol. The van der Waals surface area contributed by atoms with Gasteiger partial charge in [-0.2, -0.15) is 0 Å². The Kier molecular flexibility index (Phi) is 6.67. The van der Waals surface area contributed by atoms with Gasteiger partial charge < -0.3 is 9.64 Å². The summed E-state index contributed by atoms with van der Waals surface area (Å²) in [5.74, 6) is 0.0572. The van der Waals surface area contributed by atoms with Crippen LogP contribution in [-0.4, -0.2) is 50.1 Å². The number of fused-ring (bicyclic) bond motifs is 2. The van der Waals surface area contributed by atoms with E-state index in [1.54, 1.807) is 6.07 Å². The molecule has 2 aliphatic heterocycles. The SMILES string of the molecule is CC1=C(C(=O)c2ccc(C)c3ccccc23)Cc2c(Cl)cc(Cl)cc2N1CCN1CCOCC1. The third-order valence-corrected chi connectivity index (χ3v) is 7.58. The number of allylic oxidation sites excluding steroid dienone is 2. The molecule has 0 aliphatic carbocycles. The quantitative estimate of drug-likeness (QED) is 0.389. The van der Waals surface area contributed by atoms with E-state index in [-0.39, 0.29) is 5.78 Å². The second kappa shape index (κ2) is 9.71. The molecule has 6 heteroatoms. The largest absolute Gasteiger partial charge is 0.379 e. The lowest BCUT2D eigenvalue weighted by atomic mass is 9.88. The Labute approximate surface area is 210 Å². The Bertz CT molecular complexity index is 1300. The van der Waals surface area contributed by atoms with Crippen LogP contribution in [0.1, 0.15) is 28.4 Å². The molecule has 2 aliphatic rings. The second-order valence-electron chi connectivity index (χ2n) is 9.04. The third-order valence-electron chi connectivity index (χ3n) is 7.03. The molecule has 0 amide bonds. The highest BCUT2D eigenvalue weighted by Crippen LogP contribution is 2.40. The van der Waals surface area contributed by atoms with Crippen LogP contribution in [-0.2, 0) is 11.2 Å². The number of hydrogen-bond donors (Lipinski definition) is 0. The van der Waals surface area contributed by atoms with E-state index in [0.717, 1.165) is 83.8 Å². The molecule has 1 fully saturated rings. The van der Waals surface area contributed by atoms with Crippen molar-refractivity contribution in [2.75, 3.05) is 44.3 Å². The van der Waals surface area contributed by atoms with Crippen LogP contribution in [0.3, 0.4) is 0 Å². The summed E-state index contributed by atoms with van der Waals surface area (Å²) in [5, 5.41) is 3.30. The molecule has 0 radical (unpaired) electrons. The van der Waals surface area contributed by atoms with Gasteiger partial charge in [0.15, 0.2) is 5.78 Å². The minimum absolute atomic E-state index is 0.0572. The number of carbonyl (C=O) groups is 1. The van der Waals surface area contributed by atoms with Crippen molar-refractivity contribution in [1.82, 2.24) is 4.90 Å². The van der Waals surface area contributed by atoms with Crippen molar-refractivity contribution in [3.63, 3.8) is 0 Å². The maximum Gasteiger partial charge on any atom is 0.191 e. The van der Waals surface area contributed by atoms with Crippen LogP contribution >= 0.6 is 23.2 Å². The van der Waals surface area contributed by atoms with Crippen molar-refractivity contribution in [3.8, 4) is 0 Å². The molecule has 0 aromatic heterocycles. The number of rotatable bonds is 5. The topological polar surface area (TPSA) is 32.8 Å². The molecule has 2 heterocycles. The van der Waals surface area contributed by atoms with E-state index in [4.69, 9.17) is 27.9 Å². The number of ketones is 1. The lowest BCUT2D eigenvalue weighted by molar-refractivity contribution is 0.0393. The first-order chi connectivity index (χ1) is 16.4. The summed E-state index contributed by atoms with van der Waals surface area (Å²) >= 11 is 13.1. The molecular weight excluding hydrogens is 467 g/mol. The van der Waals surface area contributed by atoms with Crippen LogP contribution in [0, 0.1) is 6.92 Å². The van der Waals surface area contributed by atoms with E-state index in [2.05, 4.69) is 22.8 Å². The van der Waals surface area contributed by atoms with Crippen molar-refractivity contribution in [1.29, 1.82) is 0 Å². The third kappa shape index (κ3) is 4.36. The zero-order chi connectivity index (χ0) is 23.8. The number of hydrogen-bond acceptors (Lipinski definition) is 4. The number of nitrogens with zero attached hydrogens (tertiary/aromatic N) is 2. The summed E-state index contributed by atoms with van der Waals surface area (Å²) in [4.78, 5) is 18.6.